The van der Waals surface area contributed by atoms with Crippen LogP contribution in [0.3, 0.4) is 0 Å². The first-order valence-corrected chi connectivity index (χ1v) is 7.43. The van der Waals surface area contributed by atoms with E-state index in [1.807, 2.05) is 37.1 Å². The normalized spacial score (nSPS) is 12.2. The number of anilines is 1. The largest absolute Gasteiger partial charge is 0.388 e. The molecule has 1 heterocycles. The Kier molecular flexibility index (Phi) is 4.59. The van der Waals surface area contributed by atoms with Crippen molar-refractivity contribution in [1.82, 2.24) is 0 Å². The molecule has 1 N–H and O–H groups in total. The van der Waals surface area contributed by atoms with Gasteiger partial charge in [0.15, 0.2) is 5.00 Å². The molecule has 0 amide bonds. The lowest BCUT2D eigenvalue weighted by atomic mass is 10.1. The van der Waals surface area contributed by atoms with E-state index in [-0.39, 0.29) is 5.69 Å². The van der Waals surface area contributed by atoms with Crippen LogP contribution < -0.4 is 4.90 Å². The van der Waals surface area contributed by atoms with Crippen molar-refractivity contribution in [3.63, 3.8) is 0 Å². The van der Waals surface area contributed by atoms with E-state index in [1.54, 1.807) is 6.92 Å². The van der Waals surface area contributed by atoms with Gasteiger partial charge in [-0.05, 0) is 19.4 Å². The van der Waals surface area contributed by atoms with Crippen LogP contribution in [0.25, 0.3) is 0 Å². The molecule has 0 aliphatic rings. The van der Waals surface area contributed by atoms with Crippen LogP contribution in [-0.2, 0) is 6.54 Å². The number of nitrogens with zero attached hydrogens (tertiary/aromatic N) is 2. The summed E-state index contributed by atoms with van der Waals surface area (Å²) >= 11 is 1.26. The predicted molar refractivity (Wildman–Crippen MR) is 84.9 cm³/mol. The van der Waals surface area contributed by atoms with Crippen LogP contribution in [0.15, 0.2) is 30.3 Å². The quantitative estimate of drug-likeness (QED) is 0.676. The van der Waals surface area contributed by atoms with Gasteiger partial charge in [0.2, 0.25) is 0 Å². The Morgan fingerprint density at radius 2 is 2.14 bits per heavy atom. The lowest BCUT2D eigenvalue weighted by Gasteiger charge is -2.17. The highest BCUT2D eigenvalue weighted by Crippen LogP contribution is 2.40. The fourth-order valence-corrected chi connectivity index (χ4v) is 3.18. The molecular formula is C15H18N2O3S. The second kappa shape index (κ2) is 6.24. The molecule has 112 valence electrons. The molecule has 2 aromatic rings. The van der Waals surface area contributed by atoms with E-state index >= 15 is 0 Å². The van der Waals surface area contributed by atoms with E-state index in [9.17, 15) is 15.2 Å². The van der Waals surface area contributed by atoms with Crippen molar-refractivity contribution < 1.29 is 10.0 Å². The molecule has 1 aromatic carbocycles. The van der Waals surface area contributed by atoms with E-state index in [0.717, 1.165) is 11.1 Å². The van der Waals surface area contributed by atoms with E-state index in [4.69, 9.17) is 0 Å². The van der Waals surface area contributed by atoms with Gasteiger partial charge < -0.3 is 10.0 Å². The predicted octanol–water partition coefficient (Wildman–Crippen LogP) is 3.65. The van der Waals surface area contributed by atoms with Crippen LogP contribution in [-0.4, -0.2) is 17.1 Å². The number of rotatable bonds is 5. The lowest BCUT2D eigenvalue weighted by molar-refractivity contribution is -0.383. The van der Waals surface area contributed by atoms with Gasteiger partial charge in [0, 0.05) is 24.5 Å². The fraction of sp³-hybridized carbons (Fsp3) is 0.333. The minimum Gasteiger partial charge on any atom is -0.388 e. The summed E-state index contributed by atoms with van der Waals surface area (Å²) in [7, 11) is 1.83. The van der Waals surface area contributed by atoms with Gasteiger partial charge in [0.1, 0.15) is 0 Å². The van der Waals surface area contributed by atoms with Gasteiger partial charge in [-0.15, -0.1) is 11.3 Å². The van der Waals surface area contributed by atoms with Crippen LogP contribution in [0, 0.1) is 17.0 Å². The Hall–Kier alpha value is -1.92. The highest BCUT2D eigenvalue weighted by molar-refractivity contribution is 7.16. The standard InChI is InChI=1S/C15H18N2O3S/c1-10-5-4-6-12(7-10)9-16(3)15-13(17(19)20)8-14(21-15)11(2)18/h4-8,11,18H,9H2,1-3H3. The molecule has 0 fully saturated rings. The number of nitro groups is 1. The van der Waals surface area contributed by atoms with Crippen molar-refractivity contribution in [1.29, 1.82) is 0 Å². The van der Waals surface area contributed by atoms with Gasteiger partial charge in [-0.2, -0.15) is 0 Å². The Balaban J connectivity index is 2.29. The van der Waals surface area contributed by atoms with Gasteiger partial charge >= 0.3 is 5.69 Å². The molecule has 0 saturated heterocycles. The Morgan fingerprint density at radius 1 is 1.43 bits per heavy atom. The van der Waals surface area contributed by atoms with Gasteiger partial charge in [-0.1, -0.05) is 29.8 Å². The van der Waals surface area contributed by atoms with Crippen LogP contribution in [0.5, 0.6) is 0 Å². The summed E-state index contributed by atoms with van der Waals surface area (Å²) in [5.74, 6) is 0. The summed E-state index contributed by atoms with van der Waals surface area (Å²) in [6.45, 7) is 4.21. The monoisotopic (exact) mass is 306 g/mol. The van der Waals surface area contributed by atoms with E-state index < -0.39 is 11.0 Å². The van der Waals surface area contributed by atoms with Gasteiger partial charge in [0.25, 0.3) is 0 Å². The van der Waals surface area contributed by atoms with Crippen molar-refractivity contribution >= 4 is 22.0 Å². The summed E-state index contributed by atoms with van der Waals surface area (Å²) in [4.78, 5) is 13.2. The van der Waals surface area contributed by atoms with Crippen molar-refractivity contribution in [3.8, 4) is 0 Å². The van der Waals surface area contributed by atoms with Crippen molar-refractivity contribution in [2.24, 2.45) is 0 Å². The minimum absolute atomic E-state index is 0.0473. The zero-order valence-electron chi connectivity index (χ0n) is 12.2. The van der Waals surface area contributed by atoms with Gasteiger partial charge in [0.05, 0.1) is 11.0 Å². The Morgan fingerprint density at radius 3 is 2.71 bits per heavy atom. The average molecular weight is 306 g/mol. The molecule has 0 aliphatic heterocycles. The molecular weight excluding hydrogens is 288 g/mol. The van der Waals surface area contributed by atoms with Crippen molar-refractivity contribution in [3.05, 3.63) is 56.5 Å². The lowest BCUT2D eigenvalue weighted by Crippen LogP contribution is -2.16. The van der Waals surface area contributed by atoms with E-state index in [1.165, 1.54) is 17.4 Å². The topological polar surface area (TPSA) is 66.6 Å². The molecule has 5 nitrogen and oxygen atoms in total. The maximum absolute atomic E-state index is 11.2. The number of hydrogen-bond donors (Lipinski definition) is 1. The van der Waals surface area contributed by atoms with Crippen molar-refractivity contribution in [2.45, 2.75) is 26.5 Å². The average Bonchev–Trinajstić information content (AvgIpc) is 2.84. The minimum atomic E-state index is -0.699. The van der Waals surface area contributed by atoms with E-state index in [0.29, 0.717) is 16.4 Å². The first-order valence-electron chi connectivity index (χ1n) is 6.61. The first-order chi connectivity index (χ1) is 9.88. The van der Waals surface area contributed by atoms with Crippen molar-refractivity contribution in [2.75, 3.05) is 11.9 Å². The number of aliphatic hydroxyl groups excluding tert-OH is 1. The molecule has 1 unspecified atom stereocenters. The summed E-state index contributed by atoms with van der Waals surface area (Å²) in [6.07, 6.45) is -0.699. The summed E-state index contributed by atoms with van der Waals surface area (Å²) in [6, 6.07) is 9.51. The van der Waals surface area contributed by atoms with E-state index in [2.05, 4.69) is 6.07 Å². The molecule has 1 atom stereocenters. The first kappa shape index (κ1) is 15.5. The number of thiophene rings is 1. The highest BCUT2D eigenvalue weighted by atomic mass is 32.1. The van der Waals surface area contributed by atoms with Crippen LogP contribution >= 0.6 is 11.3 Å². The molecule has 0 radical (unpaired) electrons. The molecule has 0 bridgehead atoms. The third-order valence-electron chi connectivity index (χ3n) is 3.17. The van der Waals surface area contributed by atoms with Gasteiger partial charge in [-0.25, -0.2) is 0 Å². The SMILES string of the molecule is Cc1cccc(CN(C)c2sc(C(C)O)cc2[N+](=O)[O-])c1. The fourth-order valence-electron chi connectivity index (χ4n) is 2.16. The molecule has 0 spiro atoms. The Bertz CT molecular complexity index is 652. The molecule has 6 heteroatoms. The molecule has 21 heavy (non-hydrogen) atoms. The maximum Gasteiger partial charge on any atom is 0.304 e. The zero-order chi connectivity index (χ0) is 15.6. The number of aliphatic hydroxyl groups is 1. The number of hydrogen-bond acceptors (Lipinski definition) is 5. The summed E-state index contributed by atoms with van der Waals surface area (Å²) < 4.78 is 0. The molecule has 2 rings (SSSR count). The highest BCUT2D eigenvalue weighted by Gasteiger charge is 2.23. The Labute approximate surface area is 127 Å². The second-order valence-electron chi connectivity index (χ2n) is 5.12. The van der Waals surface area contributed by atoms with Crippen LogP contribution in [0.4, 0.5) is 10.7 Å². The summed E-state index contributed by atoms with van der Waals surface area (Å²) in [5, 5.41) is 21.4. The third kappa shape index (κ3) is 3.59. The van der Waals surface area contributed by atoms with Crippen LogP contribution in [0.2, 0.25) is 0 Å². The zero-order valence-corrected chi connectivity index (χ0v) is 13.1. The number of aryl methyl sites for hydroxylation is 1. The van der Waals surface area contributed by atoms with Gasteiger partial charge in [-0.3, -0.25) is 10.1 Å². The summed E-state index contributed by atoms with van der Waals surface area (Å²) in [5.41, 5.74) is 2.30. The smallest absolute Gasteiger partial charge is 0.304 e. The maximum atomic E-state index is 11.2. The molecule has 0 saturated carbocycles. The number of benzene rings is 1. The molecule has 1 aromatic heterocycles. The third-order valence-corrected chi connectivity index (χ3v) is 4.58. The molecule has 0 aliphatic carbocycles. The second-order valence-corrected chi connectivity index (χ2v) is 6.18. The van der Waals surface area contributed by atoms with Crippen LogP contribution in [0.1, 0.15) is 29.0 Å².